The van der Waals surface area contributed by atoms with E-state index in [0.29, 0.717) is 6.04 Å². The first-order valence-corrected chi connectivity index (χ1v) is 6.35. The summed E-state index contributed by atoms with van der Waals surface area (Å²) in [6, 6.07) is 5.07. The lowest BCUT2D eigenvalue weighted by Gasteiger charge is -2.24. The van der Waals surface area contributed by atoms with Crippen molar-refractivity contribution in [2.24, 2.45) is 0 Å². The monoisotopic (exact) mass is 217 g/mol. The van der Waals surface area contributed by atoms with Crippen LogP contribution in [0.15, 0.2) is 12.1 Å². The third-order valence-corrected chi connectivity index (χ3v) is 3.75. The van der Waals surface area contributed by atoms with Crippen molar-refractivity contribution in [2.75, 3.05) is 13.2 Å². The molecule has 0 saturated carbocycles. The van der Waals surface area contributed by atoms with Gasteiger partial charge in [0, 0.05) is 6.04 Å². The van der Waals surface area contributed by atoms with Gasteiger partial charge < -0.3 is 10.1 Å². The quantitative estimate of drug-likeness (QED) is 0.781. The van der Waals surface area contributed by atoms with Gasteiger partial charge in [-0.3, -0.25) is 0 Å². The Labute approximate surface area is 97.0 Å². The van der Waals surface area contributed by atoms with Crippen LogP contribution in [-0.4, -0.2) is 13.2 Å². The number of ether oxygens (including phenoxy) is 1. The number of nitrogens with one attached hydrogen (secondary N) is 1. The molecule has 1 aromatic carbocycles. The molecule has 16 heavy (non-hydrogen) atoms. The van der Waals surface area contributed by atoms with Crippen molar-refractivity contribution in [2.45, 2.75) is 38.6 Å². The van der Waals surface area contributed by atoms with Gasteiger partial charge in [0.1, 0.15) is 5.75 Å². The lowest BCUT2D eigenvalue weighted by molar-refractivity contribution is 0.284. The van der Waals surface area contributed by atoms with E-state index in [1.807, 2.05) is 0 Å². The van der Waals surface area contributed by atoms with Gasteiger partial charge in [0.2, 0.25) is 0 Å². The van der Waals surface area contributed by atoms with Crippen LogP contribution in [-0.2, 0) is 6.42 Å². The molecule has 86 valence electrons. The molecule has 1 saturated heterocycles. The van der Waals surface area contributed by atoms with Crippen LogP contribution in [0, 0.1) is 6.92 Å². The summed E-state index contributed by atoms with van der Waals surface area (Å²) in [5.41, 5.74) is 4.24. The average molecular weight is 217 g/mol. The van der Waals surface area contributed by atoms with Gasteiger partial charge in [0.15, 0.2) is 0 Å². The van der Waals surface area contributed by atoms with Gasteiger partial charge in [-0.05, 0) is 55.8 Å². The second-order valence-electron chi connectivity index (χ2n) is 4.88. The van der Waals surface area contributed by atoms with Gasteiger partial charge in [0.05, 0.1) is 6.61 Å². The largest absolute Gasteiger partial charge is 0.493 e. The Morgan fingerprint density at radius 2 is 2.25 bits per heavy atom. The number of hydrogen-bond acceptors (Lipinski definition) is 2. The van der Waals surface area contributed by atoms with Gasteiger partial charge in [0.25, 0.3) is 0 Å². The first-order chi connectivity index (χ1) is 7.86. The van der Waals surface area contributed by atoms with Gasteiger partial charge in [-0.1, -0.05) is 12.1 Å². The van der Waals surface area contributed by atoms with Crippen molar-refractivity contribution in [1.29, 1.82) is 0 Å². The second kappa shape index (κ2) is 4.10. The number of benzene rings is 1. The number of fused-ring (bicyclic) bond motifs is 1. The summed E-state index contributed by atoms with van der Waals surface area (Å²) in [6.45, 7) is 4.19. The maximum Gasteiger partial charge on any atom is 0.125 e. The molecule has 2 heteroatoms. The van der Waals surface area contributed by atoms with E-state index in [9.17, 15) is 0 Å². The van der Waals surface area contributed by atoms with Crippen LogP contribution in [0.3, 0.4) is 0 Å². The Hall–Kier alpha value is -1.02. The molecule has 2 nitrogen and oxygen atoms in total. The zero-order valence-electron chi connectivity index (χ0n) is 9.88. The minimum atomic E-state index is 0.566. The highest BCUT2D eigenvalue weighted by molar-refractivity contribution is 5.48. The van der Waals surface area contributed by atoms with Crippen molar-refractivity contribution in [1.82, 2.24) is 5.32 Å². The number of rotatable bonds is 1. The van der Waals surface area contributed by atoms with Crippen molar-refractivity contribution in [3.05, 3.63) is 28.8 Å². The van der Waals surface area contributed by atoms with Crippen LogP contribution in [0.25, 0.3) is 0 Å². The van der Waals surface area contributed by atoms with Crippen LogP contribution in [0.4, 0.5) is 0 Å². The summed E-state index contributed by atoms with van der Waals surface area (Å²) in [5.74, 6) is 1.16. The van der Waals surface area contributed by atoms with Gasteiger partial charge in [-0.2, -0.15) is 0 Å². The molecule has 1 N–H and O–H groups in total. The van der Waals surface area contributed by atoms with Crippen molar-refractivity contribution < 1.29 is 4.74 Å². The van der Waals surface area contributed by atoms with Crippen molar-refractivity contribution in [3.63, 3.8) is 0 Å². The van der Waals surface area contributed by atoms with E-state index < -0.39 is 0 Å². The molecule has 0 aliphatic carbocycles. The summed E-state index contributed by atoms with van der Waals surface area (Å²) in [4.78, 5) is 0. The zero-order chi connectivity index (χ0) is 11.0. The highest BCUT2D eigenvalue weighted by atomic mass is 16.5. The Morgan fingerprint density at radius 1 is 1.31 bits per heavy atom. The normalized spacial score (nSPS) is 23.9. The SMILES string of the molecule is Cc1ccc([C@@H]2CCCN2)c2c1OCCC2. The molecule has 0 bridgehead atoms. The molecular weight excluding hydrogens is 198 g/mol. The third kappa shape index (κ3) is 1.61. The maximum atomic E-state index is 5.83. The van der Waals surface area contributed by atoms with E-state index in [1.165, 1.54) is 36.0 Å². The molecule has 2 heterocycles. The summed E-state index contributed by atoms with van der Waals surface area (Å²) in [5, 5.41) is 3.59. The molecule has 2 aliphatic rings. The number of aryl methyl sites for hydroxylation is 1. The van der Waals surface area contributed by atoms with Crippen LogP contribution in [0.5, 0.6) is 5.75 Å². The average Bonchev–Trinajstić information content (AvgIpc) is 2.83. The van der Waals surface area contributed by atoms with Gasteiger partial charge >= 0.3 is 0 Å². The molecule has 1 atom stereocenters. The topological polar surface area (TPSA) is 21.3 Å². The summed E-state index contributed by atoms with van der Waals surface area (Å²) in [7, 11) is 0. The fourth-order valence-corrected chi connectivity index (χ4v) is 2.92. The lowest BCUT2D eigenvalue weighted by Crippen LogP contribution is -2.18. The highest BCUT2D eigenvalue weighted by Gasteiger charge is 2.23. The summed E-state index contributed by atoms with van der Waals surface area (Å²) in [6.07, 6.45) is 4.92. The fraction of sp³-hybridized carbons (Fsp3) is 0.571. The molecule has 1 fully saturated rings. The van der Waals surface area contributed by atoms with Crippen LogP contribution in [0.2, 0.25) is 0 Å². The predicted molar refractivity (Wildman–Crippen MR) is 65.0 cm³/mol. The standard InChI is InChI=1S/C14H19NO/c1-10-6-7-11(13-5-2-8-15-13)12-4-3-9-16-14(10)12/h6-7,13,15H,2-5,8-9H2,1H3/t13-/m0/s1. The predicted octanol–water partition coefficient (Wildman–Crippen LogP) is 2.74. The molecule has 0 spiro atoms. The van der Waals surface area contributed by atoms with E-state index in [2.05, 4.69) is 24.4 Å². The van der Waals surface area contributed by atoms with E-state index in [4.69, 9.17) is 4.74 Å². The first kappa shape index (κ1) is 10.2. The molecule has 0 radical (unpaired) electrons. The van der Waals surface area contributed by atoms with Gasteiger partial charge in [-0.15, -0.1) is 0 Å². The Balaban J connectivity index is 2.04. The summed E-state index contributed by atoms with van der Waals surface area (Å²) >= 11 is 0. The minimum Gasteiger partial charge on any atom is -0.493 e. The molecule has 1 aromatic rings. The fourth-order valence-electron chi connectivity index (χ4n) is 2.92. The van der Waals surface area contributed by atoms with Gasteiger partial charge in [-0.25, -0.2) is 0 Å². The van der Waals surface area contributed by atoms with E-state index in [-0.39, 0.29) is 0 Å². The molecule has 2 aliphatic heterocycles. The third-order valence-electron chi connectivity index (χ3n) is 3.75. The van der Waals surface area contributed by atoms with E-state index >= 15 is 0 Å². The maximum absolute atomic E-state index is 5.83. The summed E-state index contributed by atoms with van der Waals surface area (Å²) < 4.78 is 5.83. The van der Waals surface area contributed by atoms with E-state index in [0.717, 1.165) is 25.3 Å². The van der Waals surface area contributed by atoms with Crippen molar-refractivity contribution in [3.8, 4) is 5.75 Å². The second-order valence-corrected chi connectivity index (χ2v) is 4.88. The molecule has 0 unspecified atom stereocenters. The first-order valence-electron chi connectivity index (χ1n) is 6.35. The molecule has 0 aromatic heterocycles. The molecular formula is C14H19NO. The Bertz CT molecular complexity index is 394. The Morgan fingerprint density at radius 3 is 3.06 bits per heavy atom. The number of hydrogen-bond donors (Lipinski definition) is 1. The van der Waals surface area contributed by atoms with Crippen LogP contribution in [0.1, 0.15) is 42.0 Å². The Kier molecular flexibility index (Phi) is 2.60. The van der Waals surface area contributed by atoms with E-state index in [1.54, 1.807) is 0 Å². The van der Waals surface area contributed by atoms with Crippen LogP contribution < -0.4 is 10.1 Å². The highest BCUT2D eigenvalue weighted by Crippen LogP contribution is 2.36. The lowest BCUT2D eigenvalue weighted by atomic mass is 9.92. The van der Waals surface area contributed by atoms with Crippen LogP contribution >= 0.6 is 0 Å². The zero-order valence-corrected chi connectivity index (χ0v) is 9.88. The smallest absolute Gasteiger partial charge is 0.125 e. The molecule has 3 rings (SSSR count). The minimum absolute atomic E-state index is 0.566. The van der Waals surface area contributed by atoms with Crippen molar-refractivity contribution >= 4 is 0 Å². The molecule has 0 amide bonds.